The number of hydrogen-bond donors (Lipinski definition) is 2. The highest BCUT2D eigenvalue weighted by Crippen LogP contribution is 2.07. The molecule has 0 aliphatic carbocycles. The Kier molecular flexibility index (Phi) is 4.03. The third-order valence-electron chi connectivity index (χ3n) is 1.75. The van der Waals surface area contributed by atoms with E-state index in [1.807, 2.05) is 12.1 Å². The van der Waals surface area contributed by atoms with Gasteiger partial charge in [0.05, 0.1) is 5.69 Å². The molecule has 0 bridgehead atoms. The number of carboxylic acid groups (broad SMARTS) is 1. The summed E-state index contributed by atoms with van der Waals surface area (Å²) in [7, 11) is 0. The third kappa shape index (κ3) is 3.43. The van der Waals surface area contributed by atoms with Gasteiger partial charge < -0.3 is 5.11 Å². The first-order chi connectivity index (χ1) is 6.59. The summed E-state index contributed by atoms with van der Waals surface area (Å²) in [6.07, 6.45) is 1.68. The molecule has 5 heteroatoms. The van der Waals surface area contributed by atoms with Gasteiger partial charge in [0, 0.05) is 17.2 Å². The van der Waals surface area contributed by atoms with Crippen LogP contribution in [0.5, 0.6) is 0 Å². The molecule has 0 amide bonds. The van der Waals surface area contributed by atoms with Gasteiger partial charge in [-0.3, -0.25) is 15.1 Å². The van der Waals surface area contributed by atoms with Crippen LogP contribution < -0.4 is 5.32 Å². The second kappa shape index (κ2) is 5.07. The van der Waals surface area contributed by atoms with E-state index >= 15 is 0 Å². The fourth-order valence-electron chi connectivity index (χ4n) is 0.856. The maximum Gasteiger partial charge on any atom is 0.320 e. The second-order valence-corrected chi connectivity index (χ2v) is 3.82. The minimum absolute atomic E-state index is 0.459. The highest BCUT2D eigenvalue weighted by molar-refractivity contribution is 9.10. The Balaban J connectivity index is 2.46. The maximum atomic E-state index is 10.5. The van der Waals surface area contributed by atoms with Gasteiger partial charge in [-0.15, -0.1) is 0 Å². The van der Waals surface area contributed by atoms with Gasteiger partial charge in [0.15, 0.2) is 0 Å². The van der Waals surface area contributed by atoms with Crippen molar-refractivity contribution >= 4 is 21.9 Å². The minimum atomic E-state index is -0.859. The Morgan fingerprint density at radius 3 is 2.93 bits per heavy atom. The number of rotatable bonds is 4. The van der Waals surface area contributed by atoms with E-state index in [0.717, 1.165) is 10.2 Å². The Hall–Kier alpha value is -0.940. The number of aliphatic carboxylic acids is 1. The Labute approximate surface area is 90.5 Å². The number of aromatic nitrogens is 1. The summed E-state index contributed by atoms with van der Waals surface area (Å²) < 4.78 is 0.910. The van der Waals surface area contributed by atoms with Crippen LogP contribution in [0, 0.1) is 0 Å². The molecule has 14 heavy (non-hydrogen) atoms. The summed E-state index contributed by atoms with van der Waals surface area (Å²) in [5.74, 6) is -0.859. The molecule has 1 aromatic heterocycles. The van der Waals surface area contributed by atoms with Crippen molar-refractivity contribution in [2.75, 3.05) is 0 Å². The average Bonchev–Trinajstić information content (AvgIpc) is 2.16. The molecule has 0 fully saturated rings. The molecule has 2 N–H and O–H groups in total. The summed E-state index contributed by atoms with van der Waals surface area (Å²) >= 11 is 3.27. The molecule has 1 aromatic rings. The highest BCUT2D eigenvalue weighted by atomic mass is 79.9. The van der Waals surface area contributed by atoms with Gasteiger partial charge in [-0.2, -0.15) is 0 Å². The number of nitrogens with zero attached hydrogens (tertiary/aromatic N) is 1. The number of carboxylic acids is 1. The van der Waals surface area contributed by atoms with Crippen molar-refractivity contribution in [1.82, 2.24) is 10.3 Å². The molecule has 0 aliphatic heterocycles. The van der Waals surface area contributed by atoms with E-state index in [0.29, 0.717) is 6.54 Å². The fourth-order valence-corrected chi connectivity index (χ4v) is 1.09. The lowest BCUT2D eigenvalue weighted by atomic mass is 10.3. The van der Waals surface area contributed by atoms with Crippen LogP contribution in [0.1, 0.15) is 12.6 Å². The number of nitrogens with one attached hydrogen (secondary N) is 1. The number of halogens is 1. The standard InChI is InChI=1S/C9H11BrN2O2/c1-6(9(13)14)11-5-8-3-2-7(10)4-12-8/h2-4,6,11H,5H2,1H3,(H,13,14). The zero-order valence-corrected chi connectivity index (χ0v) is 9.28. The Morgan fingerprint density at radius 2 is 2.43 bits per heavy atom. The zero-order chi connectivity index (χ0) is 10.6. The topological polar surface area (TPSA) is 62.2 Å². The van der Waals surface area contributed by atoms with Crippen LogP contribution in [0.3, 0.4) is 0 Å². The molecule has 76 valence electrons. The summed E-state index contributed by atoms with van der Waals surface area (Å²) in [6.45, 7) is 2.06. The molecule has 0 spiro atoms. The average molecular weight is 259 g/mol. The maximum absolute atomic E-state index is 10.5. The smallest absolute Gasteiger partial charge is 0.320 e. The Bertz CT molecular complexity index is 313. The first-order valence-electron chi connectivity index (χ1n) is 4.16. The molecule has 0 radical (unpaired) electrons. The van der Waals surface area contributed by atoms with Crippen molar-refractivity contribution in [1.29, 1.82) is 0 Å². The molecule has 1 unspecified atom stereocenters. The molecule has 1 atom stereocenters. The van der Waals surface area contributed by atoms with E-state index in [4.69, 9.17) is 5.11 Å². The van der Waals surface area contributed by atoms with Gasteiger partial charge in [0.25, 0.3) is 0 Å². The molecular weight excluding hydrogens is 248 g/mol. The molecule has 0 aromatic carbocycles. The van der Waals surface area contributed by atoms with Crippen LogP contribution in [-0.4, -0.2) is 22.1 Å². The Morgan fingerprint density at radius 1 is 1.71 bits per heavy atom. The van der Waals surface area contributed by atoms with Crippen molar-refractivity contribution in [2.45, 2.75) is 19.5 Å². The van der Waals surface area contributed by atoms with Crippen molar-refractivity contribution in [2.24, 2.45) is 0 Å². The van der Waals surface area contributed by atoms with E-state index in [1.54, 1.807) is 13.1 Å². The number of carbonyl (C=O) groups is 1. The van der Waals surface area contributed by atoms with Gasteiger partial charge in [0.1, 0.15) is 6.04 Å². The van der Waals surface area contributed by atoms with E-state index in [2.05, 4.69) is 26.2 Å². The van der Waals surface area contributed by atoms with E-state index in [9.17, 15) is 4.79 Å². The number of pyridine rings is 1. The molecule has 0 saturated carbocycles. The van der Waals surface area contributed by atoms with Crippen LogP contribution >= 0.6 is 15.9 Å². The van der Waals surface area contributed by atoms with Crippen molar-refractivity contribution in [3.63, 3.8) is 0 Å². The van der Waals surface area contributed by atoms with Gasteiger partial charge in [-0.05, 0) is 35.0 Å². The second-order valence-electron chi connectivity index (χ2n) is 2.91. The van der Waals surface area contributed by atoms with Crippen LogP contribution in [-0.2, 0) is 11.3 Å². The predicted octanol–water partition coefficient (Wildman–Crippen LogP) is 1.41. The van der Waals surface area contributed by atoms with Gasteiger partial charge in [0.2, 0.25) is 0 Å². The van der Waals surface area contributed by atoms with Crippen LogP contribution in [0.4, 0.5) is 0 Å². The van der Waals surface area contributed by atoms with E-state index in [-0.39, 0.29) is 0 Å². The molecule has 4 nitrogen and oxygen atoms in total. The minimum Gasteiger partial charge on any atom is -0.480 e. The lowest BCUT2D eigenvalue weighted by Crippen LogP contribution is -2.33. The molecule has 1 heterocycles. The van der Waals surface area contributed by atoms with Gasteiger partial charge in [-0.25, -0.2) is 0 Å². The fraction of sp³-hybridized carbons (Fsp3) is 0.333. The summed E-state index contributed by atoms with van der Waals surface area (Å²) in [5, 5.41) is 11.5. The zero-order valence-electron chi connectivity index (χ0n) is 7.70. The third-order valence-corrected chi connectivity index (χ3v) is 2.22. The summed E-state index contributed by atoms with van der Waals surface area (Å²) in [5.41, 5.74) is 0.821. The molecule has 0 aliphatic rings. The van der Waals surface area contributed by atoms with Gasteiger partial charge in [-0.1, -0.05) is 0 Å². The van der Waals surface area contributed by atoms with Crippen LogP contribution in [0.15, 0.2) is 22.8 Å². The SMILES string of the molecule is CC(NCc1ccc(Br)cn1)C(=O)O. The van der Waals surface area contributed by atoms with Crippen molar-refractivity contribution < 1.29 is 9.90 Å². The van der Waals surface area contributed by atoms with E-state index < -0.39 is 12.0 Å². The van der Waals surface area contributed by atoms with Crippen LogP contribution in [0.25, 0.3) is 0 Å². The lowest BCUT2D eigenvalue weighted by Gasteiger charge is -2.07. The highest BCUT2D eigenvalue weighted by Gasteiger charge is 2.09. The molecular formula is C9H11BrN2O2. The first-order valence-corrected chi connectivity index (χ1v) is 4.95. The quantitative estimate of drug-likeness (QED) is 0.858. The van der Waals surface area contributed by atoms with Crippen molar-refractivity contribution in [3.05, 3.63) is 28.5 Å². The predicted molar refractivity (Wildman–Crippen MR) is 55.9 cm³/mol. The summed E-state index contributed by atoms with van der Waals surface area (Å²) in [4.78, 5) is 14.6. The lowest BCUT2D eigenvalue weighted by molar-refractivity contribution is -0.139. The monoisotopic (exact) mass is 258 g/mol. The van der Waals surface area contributed by atoms with E-state index in [1.165, 1.54) is 0 Å². The number of hydrogen-bond acceptors (Lipinski definition) is 3. The first kappa shape index (κ1) is 11.1. The van der Waals surface area contributed by atoms with Gasteiger partial charge >= 0.3 is 5.97 Å². The largest absolute Gasteiger partial charge is 0.480 e. The van der Waals surface area contributed by atoms with Crippen LogP contribution in [0.2, 0.25) is 0 Å². The molecule has 1 rings (SSSR count). The van der Waals surface area contributed by atoms with Crippen molar-refractivity contribution in [3.8, 4) is 0 Å². The normalized spacial score (nSPS) is 12.4. The summed E-state index contributed by atoms with van der Waals surface area (Å²) in [6, 6.07) is 3.15. The molecule has 0 saturated heterocycles.